The van der Waals surface area contributed by atoms with Crippen LogP contribution in [0.5, 0.6) is 0 Å². The van der Waals surface area contributed by atoms with Crippen LogP contribution in [-0.2, 0) is 5.41 Å². The van der Waals surface area contributed by atoms with Crippen LogP contribution in [0.2, 0.25) is 0 Å². The molecule has 1 amide bonds. The topological polar surface area (TPSA) is 42.0 Å². The van der Waals surface area contributed by atoms with Gasteiger partial charge in [-0.05, 0) is 37.5 Å². The quantitative estimate of drug-likeness (QED) is 0.934. The Morgan fingerprint density at radius 2 is 1.95 bits per heavy atom. The van der Waals surface area contributed by atoms with Gasteiger partial charge in [-0.1, -0.05) is 36.8 Å². The first kappa shape index (κ1) is 13.8. The highest BCUT2D eigenvalue weighted by atomic mass is 16.1. The molecule has 0 unspecified atom stereocenters. The predicted molar refractivity (Wildman–Crippen MR) is 83.3 cm³/mol. The molecule has 1 aromatic heterocycles. The molecule has 1 fully saturated rings. The molecular formula is C18H20N2O. The van der Waals surface area contributed by atoms with Crippen molar-refractivity contribution >= 4 is 5.91 Å². The first-order chi connectivity index (χ1) is 10.2. The zero-order chi connectivity index (χ0) is 14.7. The molecule has 1 aromatic carbocycles. The van der Waals surface area contributed by atoms with Gasteiger partial charge in [0.05, 0.1) is 5.56 Å². The van der Waals surface area contributed by atoms with Gasteiger partial charge < -0.3 is 5.32 Å². The highest BCUT2D eigenvalue weighted by Gasteiger charge is 2.38. The summed E-state index contributed by atoms with van der Waals surface area (Å²) in [6, 6.07) is 14.2. The van der Waals surface area contributed by atoms with E-state index in [-0.39, 0.29) is 11.3 Å². The summed E-state index contributed by atoms with van der Waals surface area (Å²) in [4.78, 5) is 16.4. The molecule has 3 rings (SSSR count). The number of amides is 1. The molecule has 3 heteroatoms. The average Bonchev–Trinajstić information content (AvgIpc) is 2.48. The lowest BCUT2D eigenvalue weighted by atomic mass is 9.64. The number of benzene rings is 1. The van der Waals surface area contributed by atoms with Crippen molar-refractivity contribution in [2.24, 2.45) is 0 Å². The fraction of sp³-hybridized carbons (Fsp3) is 0.333. The second-order valence-corrected chi connectivity index (χ2v) is 5.87. The maximum atomic E-state index is 12.2. The molecule has 0 aliphatic heterocycles. The van der Waals surface area contributed by atoms with Crippen molar-refractivity contribution in [2.75, 3.05) is 6.54 Å². The molecule has 0 bridgehead atoms. The molecule has 0 atom stereocenters. The van der Waals surface area contributed by atoms with E-state index in [4.69, 9.17) is 0 Å². The number of hydrogen-bond acceptors (Lipinski definition) is 2. The van der Waals surface area contributed by atoms with E-state index >= 15 is 0 Å². The molecule has 1 aliphatic rings. The van der Waals surface area contributed by atoms with Crippen LogP contribution in [0, 0.1) is 6.92 Å². The van der Waals surface area contributed by atoms with Gasteiger partial charge in [-0.3, -0.25) is 9.78 Å². The minimum absolute atomic E-state index is 0.0373. The number of rotatable bonds is 4. The Labute approximate surface area is 125 Å². The van der Waals surface area contributed by atoms with Crippen LogP contribution in [0.1, 0.15) is 40.9 Å². The lowest BCUT2D eigenvalue weighted by molar-refractivity contribution is 0.0927. The lowest BCUT2D eigenvalue weighted by Gasteiger charge is -2.42. The normalized spacial score (nSPS) is 16.0. The van der Waals surface area contributed by atoms with Crippen molar-refractivity contribution in [3.05, 3.63) is 65.5 Å². The third-order valence-electron chi connectivity index (χ3n) is 4.46. The van der Waals surface area contributed by atoms with Crippen molar-refractivity contribution in [2.45, 2.75) is 31.6 Å². The van der Waals surface area contributed by atoms with Crippen molar-refractivity contribution in [3.63, 3.8) is 0 Å². The van der Waals surface area contributed by atoms with E-state index in [1.54, 1.807) is 6.20 Å². The Morgan fingerprint density at radius 3 is 2.52 bits per heavy atom. The zero-order valence-corrected chi connectivity index (χ0v) is 12.3. The van der Waals surface area contributed by atoms with Gasteiger partial charge in [0.15, 0.2) is 0 Å². The molecule has 0 radical (unpaired) electrons. The lowest BCUT2D eigenvalue weighted by Crippen LogP contribution is -2.45. The summed E-state index contributed by atoms with van der Waals surface area (Å²) < 4.78 is 0. The zero-order valence-electron chi connectivity index (χ0n) is 12.3. The van der Waals surface area contributed by atoms with Crippen LogP contribution >= 0.6 is 0 Å². The molecule has 1 aliphatic carbocycles. The van der Waals surface area contributed by atoms with Crippen LogP contribution in [0.15, 0.2) is 48.7 Å². The maximum absolute atomic E-state index is 12.2. The molecule has 1 heterocycles. The van der Waals surface area contributed by atoms with Crippen LogP contribution in [0.25, 0.3) is 0 Å². The summed E-state index contributed by atoms with van der Waals surface area (Å²) in [7, 11) is 0. The van der Waals surface area contributed by atoms with Crippen LogP contribution < -0.4 is 5.32 Å². The number of aryl methyl sites for hydroxylation is 1. The number of carbonyl (C=O) groups excluding carboxylic acids is 1. The van der Waals surface area contributed by atoms with Crippen molar-refractivity contribution in [1.29, 1.82) is 0 Å². The van der Waals surface area contributed by atoms with E-state index < -0.39 is 0 Å². The Hall–Kier alpha value is -2.16. The fourth-order valence-corrected chi connectivity index (χ4v) is 2.92. The van der Waals surface area contributed by atoms with Crippen LogP contribution in [0.4, 0.5) is 0 Å². The van der Waals surface area contributed by atoms with E-state index in [0.717, 1.165) is 18.5 Å². The molecule has 1 N–H and O–H groups in total. The van der Waals surface area contributed by atoms with Crippen molar-refractivity contribution < 1.29 is 4.79 Å². The van der Waals surface area contributed by atoms with E-state index in [1.807, 2.05) is 25.1 Å². The smallest absolute Gasteiger partial charge is 0.252 e. The second kappa shape index (κ2) is 5.68. The van der Waals surface area contributed by atoms with Gasteiger partial charge >= 0.3 is 0 Å². The van der Waals surface area contributed by atoms with Gasteiger partial charge in [-0.2, -0.15) is 0 Å². The summed E-state index contributed by atoms with van der Waals surface area (Å²) >= 11 is 0. The molecular weight excluding hydrogens is 260 g/mol. The third-order valence-corrected chi connectivity index (χ3v) is 4.46. The molecule has 0 saturated heterocycles. The molecule has 3 nitrogen and oxygen atoms in total. The molecule has 1 saturated carbocycles. The highest BCUT2D eigenvalue weighted by Crippen LogP contribution is 2.43. The predicted octanol–water partition coefficient (Wildman–Crippen LogP) is 3.24. The number of nitrogens with one attached hydrogen (secondary N) is 1. The number of pyridine rings is 1. The second-order valence-electron chi connectivity index (χ2n) is 5.87. The van der Waals surface area contributed by atoms with E-state index in [2.05, 4.69) is 34.6 Å². The first-order valence-corrected chi connectivity index (χ1v) is 7.46. The highest BCUT2D eigenvalue weighted by molar-refractivity contribution is 5.93. The maximum Gasteiger partial charge on any atom is 0.252 e. The van der Waals surface area contributed by atoms with Gasteiger partial charge in [0, 0.05) is 23.9 Å². The molecule has 108 valence electrons. The fourth-order valence-electron chi connectivity index (χ4n) is 2.92. The average molecular weight is 280 g/mol. The minimum Gasteiger partial charge on any atom is -0.351 e. The van der Waals surface area contributed by atoms with Gasteiger partial charge in [-0.25, -0.2) is 0 Å². The number of carbonyl (C=O) groups is 1. The van der Waals surface area contributed by atoms with Crippen LogP contribution in [-0.4, -0.2) is 17.4 Å². The van der Waals surface area contributed by atoms with E-state index in [9.17, 15) is 4.79 Å². The van der Waals surface area contributed by atoms with Gasteiger partial charge in [0.1, 0.15) is 0 Å². The summed E-state index contributed by atoms with van der Waals surface area (Å²) in [5.41, 5.74) is 3.00. The van der Waals surface area contributed by atoms with Crippen molar-refractivity contribution in [3.8, 4) is 0 Å². The summed E-state index contributed by atoms with van der Waals surface area (Å²) in [5.74, 6) is -0.0373. The number of nitrogens with zero attached hydrogens (tertiary/aromatic N) is 1. The standard InChI is InChI=1S/C18H20N2O/c1-14-8-9-15(12-19-14)17(21)20-13-18(10-5-11-18)16-6-3-2-4-7-16/h2-4,6-9,12H,5,10-11,13H2,1H3,(H,20,21). The number of hydrogen-bond donors (Lipinski definition) is 1. The molecule has 21 heavy (non-hydrogen) atoms. The van der Waals surface area contributed by atoms with Gasteiger partial charge in [0.2, 0.25) is 0 Å². The SMILES string of the molecule is Cc1ccc(C(=O)NCC2(c3ccccc3)CCC2)cn1. The Kier molecular flexibility index (Phi) is 3.74. The Morgan fingerprint density at radius 1 is 1.19 bits per heavy atom. The van der Waals surface area contributed by atoms with Crippen molar-refractivity contribution in [1.82, 2.24) is 10.3 Å². The van der Waals surface area contributed by atoms with E-state index in [0.29, 0.717) is 12.1 Å². The molecule has 0 spiro atoms. The summed E-state index contributed by atoms with van der Waals surface area (Å²) in [6.07, 6.45) is 5.16. The third kappa shape index (κ3) is 2.82. The largest absolute Gasteiger partial charge is 0.351 e. The molecule has 2 aromatic rings. The Bertz CT molecular complexity index is 615. The first-order valence-electron chi connectivity index (χ1n) is 7.46. The minimum atomic E-state index is -0.0373. The number of aromatic nitrogens is 1. The van der Waals surface area contributed by atoms with Crippen LogP contribution in [0.3, 0.4) is 0 Å². The van der Waals surface area contributed by atoms with Gasteiger partial charge in [-0.15, -0.1) is 0 Å². The van der Waals surface area contributed by atoms with E-state index in [1.165, 1.54) is 12.0 Å². The van der Waals surface area contributed by atoms with Gasteiger partial charge in [0.25, 0.3) is 5.91 Å². The Balaban J connectivity index is 1.68. The summed E-state index contributed by atoms with van der Waals surface area (Å²) in [5, 5.41) is 3.08. The monoisotopic (exact) mass is 280 g/mol. The summed E-state index contributed by atoms with van der Waals surface area (Å²) in [6.45, 7) is 2.62.